The first kappa shape index (κ1) is 16.3. The topological polar surface area (TPSA) is 76.4 Å². The van der Waals surface area contributed by atoms with Gasteiger partial charge < -0.3 is 9.47 Å². The van der Waals surface area contributed by atoms with Crippen molar-refractivity contribution in [3.05, 3.63) is 19.7 Å². The lowest BCUT2D eigenvalue weighted by Crippen LogP contribution is -2.46. The van der Waals surface area contributed by atoms with Gasteiger partial charge in [0.05, 0.1) is 33.7 Å². The Balaban J connectivity index is 1.67. The van der Waals surface area contributed by atoms with E-state index in [1.54, 1.807) is 4.57 Å². The fourth-order valence-corrected chi connectivity index (χ4v) is 3.49. The normalized spacial score (nSPS) is 20.1. The molecule has 3 rings (SSSR count). The second kappa shape index (κ2) is 7.35. The monoisotopic (exact) mass is 340 g/mol. The molecule has 0 atom stereocenters. The molecule has 1 aromatic rings. The van der Waals surface area contributed by atoms with Crippen LogP contribution in [0.1, 0.15) is 0 Å². The Morgan fingerprint density at radius 2 is 2.09 bits per heavy atom. The Morgan fingerprint density at radius 1 is 1.35 bits per heavy atom. The van der Waals surface area contributed by atoms with Gasteiger partial charge in [-0.2, -0.15) is 0 Å². The summed E-state index contributed by atoms with van der Waals surface area (Å²) in [6, 6.07) is 0. The van der Waals surface area contributed by atoms with E-state index in [1.807, 2.05) is 0 Å². The third kappa shape index (κ3) is 3.86. The van der Waals surface area contributed by atoms with E-state index in [2.05, 4.69) is 19.5 Å². The second-order valence-electron chi connectivity index (χ2n) is 5.44. The van der Waals surface area contributed by atoms with Crippen LogP contribution >= 0.6 is 11.3 Å². The zero-order valence-corrected chi connectivity index (χ0v) is 13.9. The van der Waals surface area contributed by atoms with Crippen LogP contribution in [0.15, 0.2) is 9.79 Å². The predicted molar refractivity (Wildman–Crippen MR) is 84.7 cm³/mol. The molecule has 9 heteroatoms. The highest BCUT2D eigenvalue weighted by Crippen LogP contribution is 2.00. The van der Waals surface area contributed by atoms with Crippen molar-refractivity contribution in [1.29, 1.82) is 0 Å². The maximum absolute atomic E-state index is 12.3. The van der Waals surface area contributed by atoms with Crippen molar-refractivity contribution in [1.82, 2.24) is 14.4 Å². The summed E-state index contributed by atoms with van der Waals surface area (Å²) in [6.07, 6.45) is 1.23. The molecule has 1 fully saturated rings. The van der Waals surface area contributed by atoms with Crippen LogP contribution in [0.3, 0.4) is 0 Å². The number of aromatic nitrogens is 1. The van der Waals surface area contributed by atoms with Crippen LogP contribution in [-0.2, 0) is 20.9 Å². The third-order valence-corrected chi connectivity index (χ3v) is 4.97. The number of carbonyl (C=O) groups excluding carboxylic acids is 1. The highest BCUT2D eigenvalue weighted by atomic mass is 32.1. The first-order valence-electron chi connectivity index (χ1n) is 7.53. The Morgan fingerprint density at radius 3 is 2.83 bits per heavy atom. The molecule has 3 heterocycles. The van der Waals surface area contributed by atoms with Crippen LogP contribution in [0, 0.1) is 0 Å². The van der Waals surface area contributed by atoms with Gasteiger partial charge in [-0.25, -0.2) is 9.79 Å². The molecular formula is C14H20N4O4S. The zero-order valence-electron chi connectivity index (χ0n) is 13.1. The van der Waals surface area contributed by atoms with Gasteiger partial charge in [0, 0.05) is 32.3 Å². The van der Waals surface area contributed by atoms with Gasteiger partial charge in [-0.15, -0.1) is 0 Å². The zero-order chi connectivity index (χ0) is 16.2. The van der Waals surface area contributed by atoms with E-state index >= 15 is 0 Å². The minimum Gasteiger partial charge on any atom is -0.466 e. The van der Waals surface area contributed by atoms with Gasteiger partial charge in [0.15, 0.2) is 4.80 Å². The molecule has 0 aromatic carbocycles. The maximum Gasteiger partial charge on any atom is 0.332 e. The van der Waals surface area contributed by atoms with E-state index in [0.29, 0.717) is 22.7 Å². The van der Waals surface area contributed by atoms with Crippen LogP contribution in [0.25, 0.3) is 6.08 Å². The molecule has 8 nitrogen and oxygen atoms in total. The molecule has 0 unspecified atom stereocenters. The predicted octanol–water partition coefficient (Wildman–Crippen LogP) is -1.95. The number of rotatable bonds is 4. The number of carbonyl (C=O) groups is 1. The molecule has 23 heavy (non-hydrogen) atoms. The number of ether oxygens (including phenoxy) is 2. The molecule has 1 aromatic heterocycles. The van der Waals surface area contributed by atoms with Gasteiger partial charge in [0.25, 0.3) is 5.56 Å². The van der Waals surface area contributed by atoms with E-state index in [4.69, 9.17) is 4.74 Å². The third-order valence-electron chi connectivity index (χ3n) is 3.92. The Labute approximate surface area is 137 Å². The summed E-state index contributed by atoms with van der Waals surface area (Å²) in [6.45, 7) is 6.33. The van der Waals surface area contributed by atoms with E-state index in [9.17, 15) is 9.59 Å². The number of nitrogens with zero attached hydrogens (tertiary/aromatic N) is 4. The molecular weight excluding hydrogens is 320 g/mol. The van der Waals surface area contributed by atoms with Crippen molar-refractivity contribution >= 4 is 23.4 Å². The number of thiazole rings is 1. The van der Waals surface area contributed by atoms with Gasteiger partial charge >= 0.3 is 5.97 Å². The number of hydrogen-bond acceptors (Lipinski definition) is 8. The van der Waals surface area contributed by atoms with E-state index in [1.165, 1.54) is 24.5 Å². The summed E-state index contributed by atoms with van der Waals surface area (Å²) in [5.41, 5.74) is -0.185. The Kier molecular flexibility index (Phi) is 5.21. The second-order valence-corrected chi connectivity index (χ2v) is 6.45. The highest BCUT2D eigenvalue weighted by Gasteiger charge is 2.17. The summed E-state index contributed by atoms with van der Waals surface area (Å²) in [4.78, 5) is 33.2. The van der Waals surface area contributed by atoms with E-state index < -0.39 is 5.97 Å². The highest BCUT2D eigenvalue weighted by molar-refractivity contribution is 7.07. The van der Waals surface area contributed by atoms with Crippen LogP contribution in [0.2, 0.25) is 0 Å². The molecule has 0 bridgehead atoms. The van der Waals surface area contributed by atoms with Crippen molar-refractivity contribution in [3.8, 4) is 0 Å². The van der Waals surface area contributed by atoms with Crippen LogP contribution in [0.4, 0.5) is 0 Å². The SMILES string of the molecule is COC(=O)/C=c1/sc2n(c1=O)CN(CCN1CCOCC1)CN=2. The molecule has 0 radical (unpaired) electrons. The molecule has 0 spiro atoms. The number of fused-ring (bicyclic) bond motifs is 1. The van der Waals surface area contributed by atoms with E-state index in [0.717, 1.165) is 39.4 Å². The van der Waals surface area contributed by atoms with Gasteiger partial charge in [-0.1, -0.05) is 11.3 Å². The molecule has 2 aliphatic heterocycles. The van der Waals surface area contributed by atoms with Crippen molar-refractivity contribution in [2.24, 2.45) is 4.99 Å². The maximum atomic E-state index is 12.3. The van der Waals surface area contributed by atoms with Gasteiger partial charge in [0.1, 0.15) is 4.53 Å². The summed E-state index contributed by atoms with van der Waals surface area (Å²) in [7, 11) is 1.29. The fraction of sp³-hybridized carbons (Fsp3) is 0.643. The first-order valence-corrected chi connectivity index (χ1v) is 8.35. The minimum atomic E-state index is -0.523. The lowest BCUT2D eigenvalue weighted by atomic mass is 10.4. The molecule has 1 saturated heterocycles. The molecule has 0 saturated carbocycles. The largest absolute Gasteiger partial charge is 0.466 e. The smallest absolute Gasteiger partial charge is 0.332 e. The molecule has 0 N–H and O–H groups in total. The molecule has 2 aliphatic rings. The molecule has 0 amide bonds. The van der Waals surface area contributed by atoms with Crippen molar-refractivity contribution in [3.63, 3.8) is 0 Å². The van der Waals surface area contributed by atoms with Crippen LogP contribution in [0.5, 0.6) is 0 Å². The van der Waals surface area contributed by atoms with Crippen molar-refractivity contribution in [2.45, 2.75) is 6.67 Å². The quantitative estimate of drug-likeness (QED) is 0.593. The average molecular weight is 340 g/mol. The summed E-state index contributed by atoms with van der Waals surface area (Å²) in [5.74, 6) is -0.523. The lowest BCUT2D eigenvalue weighted by molar-refractivity contribution is -0.133. The first-order chi connectivity index (χ1) is 11.2. The molecule has 0 aliphatic carbocycles. The number of morpholine rings is 1. The number of methoxy groups -OCH3 is 1. The number of esters is 1. The van der Waals surface area contributed by atoms with Crippen molar-refractivity contribution in [2.75, 3.05) is 53.2 Å². The standard InChI is InChI=1S/C14H20N4O4S/c1-21-12(19)8-11-13(20)18-10-17(9-15-14(18)23-11)3-2-16-4-6-22-7-5-16/h8H,2-7,9-10H2,1H3/b11-8+. The van der Waals surface area contributed by atoms with Crippen LogP contribution in [-0.4, -0.2) is 73.5 Å². The Bertz CT molecular complexity index is 735. The van der Waals surface area contributed by atoms with Crippen LogP contribution < -0.4 is 14.9 Å². The summed E-state index contributed by atoms with van der Waals surface area (Å²) < 4.78 is 11.9. The summed E-state index contributed by atoms with van der Waals surface area (Å²) >= 11 is 1.23. The van der Waals surface area contributed by atoms with Gasteiger partial charge in [-0.3, -0.25) is 19.2 Å². The number of hydrogen-bond donors (Lipinski definition) is 0. The van der Waals surface area contributed by atoms with Gasteiger partial charge in [-0.05, 0) is 0 Å². The minimum absolute atomic E-state index is 0.185. The lowest BCUT2D eigenvalue weighted by Gasteiger charge is -2.30. The van der Waals surface area contributed by atoms with E-state index in [-0.39, 0.29) is 5.56 Å². The average Bonchev–Trinajstić information content (AvgIpc) is 2.89. The fourth-order valence-electron chi connectivity index (χ4n) is 2.57. The van der Waals surface area contributed by atoms with Crippen molar-refractivity contribution < 1.29 is 14.3 Å². The summed E-state index contributed by atoms with van der Waals surface area (Å²) in [5, 5.41) is 0. The van der Waals surface area contributed by atoms with Gasteiger partial charge in [0.2, 0.25) is 0 Å². The molecule has 126 valence electrons. The Hall–Kier alpha value is -1.55.